The van der Waals surface area contributed by atoms with Crippen LogP contribution >= 0.6 is 0 Å². The summed E-state index contributed by atoms with van der Waals surface area (Å²) in [6.07, 6.45) is 2.34. The summed E-state index contributed by atoms with van der Waals surface area (Å²) in [5.74, 6) is -0.210. The van der Waals surface area contributed by atoms with E-state index in [9.17, 15) is 4.79 Å². The second kappa shape index (κ2) is 10.3. The van der Waals surface area contributed by atoms with Gasteiger partial charge < -0.3 is 15.0 Å². The summed E-state index contributed by atoms with van der Waals surface area (Å²) in [7, 11) is 1.44. The lowest BCUT2D eigenvalue weighted by Crippen LogP contribution is -2.34. The lowest BCUT2D eigenvalue weighted by molar-refractivity contribution is -0.144. The topological polar surface area (TPSA) is 41.6 Å². The molecular formula is C14H30N2O2. The van der Waals surface area contributed by atoms with E-state index in [0.717, 1.165) is 26.1 Å². The van der Waals surface area contributed by atoms with Gasteiger partial charge in [-0.05, 0) is 39.4 Å². The van der Waals surface area contributed by atoms with Crippen molar-refractivity contribution in [3.63, 3.8) is 0 Å². The first kappa shape index (κ1) is 17.4. The number of rotatable bonds is 10. The van der Waals surface area contributed by atoms with Crippen LogP contribution in [0.5, 0.6) is 0 Å². The third kappa shape index (κ3) is 7.67. The standard InChI is InChI=1S/C14H30N2O2/c1-6-16(7-2)10-8-9-13(4)15-11-12(3)14(17)18-5/h12-13,15H,6-11H2,1-5H3/t12-,13+/m1/s1. The van der Waals surface area contributed by atoms with Gasteiger partial charge in [0, 0.05) is 12.6 Å². The van der Waals surface area contributed by atoms with Crippen LogP contribution in [0.4, 0.5) is 0 Å². The summed E-state index contributed by atoms with van der Waals surface area (Å²) < 4.78 is 4.70. The molecule has 0 radical (unpaired) electrons. The van der Waals surface area contributed by atoms with Crippen molar-refractivity contribution in [2.45, 2.75) is 46.6 Å². The molecule has 0 aliphatic carbocycles. The van der Waals surface area contributed by atoms with Crippen LogP contribution in [0.3, 0.4) is 0 Å². The van der Waals surface area contributed by atoms with Crippen molar-refractivity contribution in [2.75, 3.05) is 33.3 Å². The summed E-state index contributed by atoms with van der Waals surface area (Å²) >= 11 is 0. The molecule has 18 heavy (non-hydrogen) atoms. The molecule has 0 fully saturated rings. The van der Waals surface area contributed by atoms with Gasteiger partial charge in [0.1, 0.15) is 0 Å². The molecule has 0 bridgehead atoms. The molecule has 0 aliphatic heterocycles. The Morgan fingerprint density at radius 3 is 2.39 bits per heavy atom. The minimum Gasteiger partial charge on any atom is -0.469 e. The molecule has 0 rings (SSSR count). The Balaban J connectivity index is 3.65. The van der Waals surface area contributed by atoms with Crippen molar-refractivity contribution in [3.05, 3.63) is 0 Å². The van der Waals surface area contributed by atoms with E-state index in [2.05, 4.69) is 31.0 Å². The smallest absolute Gasteiger partial charge is 0.309 e. The van der Waals surface area contributed by atoms with Crippen molar-refractivity contribution >= 4 is 5.97 Å². The molecule has 0 spiro atoms. The Labute approximate surface area is 112 Å². The van der Waals surface area contributed by atoms with Crippen molar-refractivity contribution in [3.8, 4) is 0 Å². The van der Waals surface area contributed by atoms with Gasteiger partial charge in [0.05, 0.1) is 13.0 Å². The molecule has 4 nitrogen and oxygen atoms in total. The fourth-order valence-corrected chi connectivity index (χ4v) is 1.93. The number of esters is 1. The average molecular weight is 258 g/mol. The van der Waals surface area contributed by atoms with E-state index < -0.39 is 0 Å². The van der Waals surface area contributed by atoms with E-state index in [-0.39, 0.29) is 11.9 Å². The van der Waals surface area contributed by atoms with Gasteiger partial charge >= 0.3 is 5.97 Å². The molecule has 0 aliphatic rings. The number of hydrogen-bond acceptors (Lipinski definition) is 4. The molecule has 0 saturated heterocycles. The van der Waals surface area contributed by atoms with E-state index in [0.29, 0.717) is 12.6 Å². The summed E-state index contributed by atoms with van der Waals surface area (Å²) in [4.78, 5) is 13.7. The Morgan fingerprint density at radius 1 is 1.28 bits per heavy atom. The number of nitrogens with zero attached hydrogens (tertiary/aromatic N) is 1. The van der Waals surface area contributed by atoms with E-state index in [1.165, 1.54) is 13.5 Å². The molecule has 0 aromatic heterocycles. The molecule has 0 aromatic carbocycles. The van der Waals surface area contributed by atoms with E-state index in [1.807, 2.05) is 6.92 Å². The molecular weight excluding hydrogens is 228 g/mol. The van der Waals surface area contributed by atoms with Crippen LogP contribution in [0.25, 0.3) is 0 Å². The first-order chi connectivity index (χ1) is 8.54. The summed E-state index contributed by atoms with van der Waals surface area (Å²) in [6.45, 7) is 12.6. The molecule has 1 N–H and O–H groups in total. The highest BCUT2D eigenvalue weighted by Crippen LogP contribution is 2.02. The Hall–Kier alpha value is -0.610. The maximum Gasteiger partial charge on any atom is 0.309 e. The second-order valence-corrected chi connectivity index (χ2v) is 4.90. The highest BCUT2D eigenvalue weighted by Gasteiger charge is 2.13. The number of ether oxygens (including phenoxy) is 1. The Kier molecular flexibility index (Phi) is 9.98. The number of carbonyl (C=O) groups excluding carboxylic acids is 1. The van der Waals surface area contributed by atoms with Gasteiger partial charge in [-0.15, -0.1) is 0 Å². The van der Waals surface area contributed by atoms with Crippen LogP contribution in [0.2, 0.25) is 0 Å². The fraction of sp³-hybridized carbons (Fsp3) is 0.929. The predicted octanol–water partition coefficient (Wildman–Crippen LogP) is 1.90. The third-order valence-electron chi connectivity index (χ3n) is 3.38. The van der Waals surface area contributed by atoms with Crippen molar-refractivity contribution in [1.82, 2.24) is 10.2 Å². The minimum absolute atomic E-state index is 0.0692. The van der Waals surface area contributed by atoms with E-state index >= 15 is 0 Å². The monoisotopic (exact) mass is 258 g/mol. The second-order valence-electron chi connectivity index (χ2n) is 4.90. The van der Waals surface area contributed by atoms with Gasteiger partial charge in [-0.25, -0.2) is 0 Å². The van der Waals surface area contributed by atoms with Gasteiger partial charge in [0.25, 0.3) is 0 Å². The van der Waals surface area contributed by atoms with Gasteiger partial charge in [-0.2, -0.15) is 0 Å². The molecule has 0 aromatic rings. The quantitative estimate of drug-likeness (QED) is 0.608. The van der Waals surface area contributed by atoms with E-state index in [4.69, 9.17) is 4.74 Å². The molecule has 2 atom stereocenters. The molecule has 4 heteroatoms. The third-order valence-corrected chi connectivity index (χ3v) is 3.38. The van der Waals surface area contributed by atoms with Crippen LogP contribution in [-0.2, 0) is 9.53 Å². The zero-order chi connectivity index (χ0) is 14.0. The highest BCUT2D eigenvalue weighted by molar-refractivity contribution is 5.72. The number of hydrogen-bond donors (Lipinski definition) is 1. The molecule has 0 saturated carbocycles. The zero-order valence-corrected chi connectivity index (χ0v) is 12.7. The predicted molar refractivity (Wildman–Crippen MR) is 75.7 cm³/mol. The Morgan fingerprint density at radius 2 is 1.89 bits per heavy atom. The van der Waals surface area contributed by atoms with Crippen molar-refractivity contribution < 1.29 is 9.53 Å². The van der Waals surface area contributed by atoms with E-state index in [1.54, 1.807) is 0 Å². The molecule has 0 unspecified atom stereocenters. The first-order valence-electron chi connectivity index (χ1n) is 7.08. The molecule has 108 valence electrons. The zero-order valence-electron chi connectivity index (χ0n) is 12.7. The average Bonchev–Trinajstić information content (AvgIpc) is 2.39. The first-order valence-corrected chi connectivity index (χ1v) is 7.08. The SMILES string of the molecule is CCN(CC)CCC[C@H](C)NC[C@@H](C)C(=O)OC. The maximum atomic E-state index is 11.2. The number of methoxy groups -OCH3 is 1. The number of nitrogens with one attached hydrogen (secondary N) is 1. The minimum atomic E-state index is -0.141. The van der Waals surface area contributed by atoms with Gasteiger partial charge in [0.2, 0.25) is 0 Å². The normalized spacial score (nSPS) is 14.6. The van der Waals surface area contributed by atoms with Gasteiger partial charge in [-0.1, -0.05) is 20.8 Å². The van der Waals surface area contributed by atoms with Crippen molar-refractivity contribution in [2.24, 2.45) is 5.92 Å². The van der Waals surface area contributed by atoms with Gasteiger partial charge in [0.15, 0.2) is 0 Å². The number of carbonyl (C=O) groups is 1. The molecule has 0 amide bonds. The van der Waals surface area contributed by atoms with Crippen LogP contribution < -0.4 is 5.32 Å². The van der Waals surface area contributed by atoms with Crippen LogP contribution in [0.1, 0.15) is 40.5 Å². The maximum absolute atomic E-state index is 11.2. The lowest BCUT2D eigenvalue weighted by Gasteiger charge is -2.20. The van der Waals surface area contributed by atoms with Crippen molar-refractivity contribution in [1.29, 1.82) is 0 Å². The summed E-state index contributed by atoms with van der Waals surface area (Å²) in [5, 5.41) is 3.39. The van der Waals surface area contributed by atoms with Gasteiger partial charge in [-0.3, -0.25) is 4.79 Å². The fourth-order valence-electron chi connectivity index (χ4n) is 1.93. The van der Waals surface area contributed by atoms with Crippen LogP contribution in [0.15, 0.2) is 0 Å². The Bertz CT molecular complexity index is 218. The highest BCUT2D eigenvalue weighted by atomic mass is 16.5. The largest absolute Gasteiger partial charge is 0.469 e. The lowest BCUT2D eigenvalue weighted by atomic mass is 10.1. The summed E-state index contributed by atoms with van der Waals surface area (Å²) in [5.41, 5.74) is 0. The van der Waals surface area contributed by atoms with Crippen LogP contribution in [-0.4, -0.2) is 50.2 Å². The summed E-state index contributed by atoms with van der Waals surface area (Å²) in [6, 6.07) is 0.452. The van der Waals surface area contributed by atoms with Crippen LogP contribution in [0, 0.1) is 5.92 Å². The molecule has 0 heterocycles.